The van der Waals surface area contributed by atoms with Crippen LogP contribution in [-0.4, -0.2) is 26.5 Å². The summed E-state index contributed by atoms with van der Waals surface area (Å²) in [5.74, 6) is 0.314. The molecule has 0 aliphatic carbocycles. The van der Waals surface area contributed by atoms with Gasteiger partial charge in [-0.15, -0.1) is 10.2 Å². The van der Waals surface area contributed by atoms with Crippen LogP contribution in [0.5, 0.6) is 0 Å². The molecular weight excluding hydrogens is 206 g/mol. The highest BCUT2D eigenvalue weighted by Gasteiger charge is 2.06. The number of nitrogens with one attached hydrogen (secondary N) is 2. The quantitative estimate of drug-likeness (QED) is 0.781. The van der Waals surface area contributed by atoms with Gasteiger partial charge in [-0.1, -0.05) is 22.9 Å². The first-order chi connectivity index (χ1) is 7.75. The zero-order valence-electron chi connectivity index (χ0n) is 8.77. The van der Waals surface area contributed by atoms with Crippen molar-refractivity contribution in [1.82, 2.24) is 25.9 Å². The Balaban J connectivity index is 1.98. The summed E-state index contributed by atoms with van der Waals surface area (Å²) < 4.78 is 0. The molecule has 1 heterocycles. The lowest BCUT2D eigenvalue weighted by Crippen LogP contribution is -2.23. The second kappa shape index (κ2) is 4.52. The van der Waals surface area contributed by atoms with E-state index in [0.717, 1.165) is 5.56 Å². The molecule has 0 unspecified atom stereocenters. The number of tetrazole rings is 1. The maximum atomic E-state index is 11.7. The normalized spacial score (nSPS) is 10.1. The molecule has 1 aromatic carbocycles. The fourth-order valence-electron chi connectivity index (χ4n) is 1.31. The molecule has 0 fully saturated rings. The van der Waals surface area contributed by atoms with E-state index in [1.807, 2.05) is 25.1 Å². The van der Waals surface area contributed by atoms with E-state index in [9.17, 15) is 4.79 Å². The fourth-order valence-corrected chi connectivity index (χ4v) is 1.31. The molecule has 0 bridgehead atoms. The first kappa shape index (κ1) is 10.3. The van der Waals surface area contributed by atoms with Crippen LogP contribution in [0.4, 0.5) is 0 Å². The molecule has 1 aromatic heterocycles. The van der Waals surface area contributed by atoms with Gasteiger partial charge in [0.2, 0.25) is 0 Å². The minimum Gasteiger partial charge on any atom is -0.345 e. The van der Waals surface area contributed by atoms with Crippen molar-refractivity contribution in [2.24, 2.45) is 0 Å². The summed E-state index contributed by atoms with van der Waals surface area (Å²) in [5, 5.41) is 15.9. The Labute approximate surface area is 92.1 Å². The van der Waals surface area contributed by atoms with Crippen molar-refractivity contribution >= 4 is 5.91 Å². The SMILES string of the molecule is Cc1cccc(C(=O)NCc2nn[nH]n2)c1. The van der Waals surface area contributed by atoms with E-state index in [-0.39, 0.29) is 12.5 Å². The van der Waals surface area contributed by atoms with Gasteiger partial charge in [0, 0.05) is 5.56 Å². The van der Waals surface area contributed by atoms with Crippen LogP contribution in [0.2, 0.25) is 0 Å². The Kier molecular flexibility index (Phi) is 2.90. The number of hydrogen-bond donors (Lipinski definition) is 2. The predicted octanol–water partition coefficient (Wildman–Crippen LogP) is 0.438. The number of H-pyrrole nitrogens is 1. The number of aromatic nitrogens is 4. The average Bonchev–Trinajstić information content (AvgIpc) is 2.78. The topological polar surface area (TPSA) is 83.6 Å². The number of nitrogens with zero attached hydrogens (tertiary/aromatic N) is 3. The number of amides is 1. The molecule has 0 spiro atoms. The van der Waals surface area contributed by atoms with Gasteiger partial charge in [0.05, 0.1) is 6.54 Å². The van der Waals surface area contributed by atoms with Gasteiger partial charge < -0.3 is 5.32 Å². The maximum absolute atomic E-state index is 11.7. The van der Waals surface area contributed by atoms with Gasteiger partial charge in [-0.2, -0.15) is 5.21 Å². The Morgan fingerprint density at radius 2 is 2.38 bits per heavy atom. The summed E-state index contributed by atoms with van der Waals surface area (Å²) in [4.78, 5) is 11.7. The largest absolute Gasteiger partial charge is 0.345 e. The number of aromatic amines is 1. The molecule has 0 radical (unpaired) electrons. The molecule has 2 N–H and O–H groups in total. The van der Waals surface area contributed by atoms with Crippen LogP contribution in [0.25, 0.3) is 0 Å². The molecular formula is C10H11N5O. The molecule has 0 aliphatic rings. The van der Waals surface area contributed by atoms with E-state index in [2.05, 4.69) is 25.9 Å². The van der Waals surface area contributed by atoms with Gasteiger partial charge in [-0.05, 0) is 19.1 Å². The van der Waals surface area contributed by atoms with Crippen molar-refractivity contribution in [3.05, 3.63) is 41.2 Å². The van der Waals surface area contributed by atoms with Crippen molar-refractivity contribution in [1.29, 1.82) is 0 Å². The number of hydrogen-bond acceptors (Lipinski definition) is 4. The number of benzene rings is 1. The highest BCUT2D eigenvalue weighted by molar-refractivity contribution is 5.94. The van der Waals surface area contributed by atoms with Crippen LogP contribution < -0.4 is 5.32 Å². The average molecular weight is 217 g/mol. The predicted molar refractivity (Wildman–Crippen MR) is 56.5 cm³/mol. The second-order valence-electron chi connectivity index (χ2n) is 3.38. The lowest BCUT2D eigenvalue weighted by Gasteiger charge is -2.02. The van der Waals surface area contributed by atoms with Gasteiger partial charge in [-0.3, -0.25) is 4.79 Å². The summed E-state index contributed by atoms with van der Waals surface area (Å²) in [6.45, 7) is 2.21. The van der Waals surface area contributed by atoms with Crippen molar-refractivity contribution in [2.45, 2.75) is 13.5 Å². The third-order valence-corrected chi connectivity index (χ3v) is 2.08. The third-order valence-electron chi connectivity index (χ3n) is 2.08. The molecule has 2 rings (SSSR count). The van der Waals surface area contributed by atoms with Gasteiger partial charge in [0.25, 0.3) is 5.91 Å². The fraction of sp³-hybridized carbons (Fsp3) is 0.200. The van der Waals surface area contributed by atoms with E-state index in [0.29, 0.717) is 11.4 Å². The number of carbonyl (C=O) groups is 1. The molecule has 0 saturated carbocycles. The van der Waals surface area contributed by atoms with Crippen LogP contribution >= 0.6 is 0 Å². The lowest BCUT2D eigenvalue weighted by atomic mass is 10.1. The van der Waals surface area contributed by atoms with Gasteiger partial charge in [-0.25, -0.2) is 0 Å². The van der Waals surface area contributed by atoms with E-state index >= 15 is 0 Å². The van der Waals surface area contributed by atoms with Gasteiger partial charge >= 0.3 is 0 Å². The third kappa shape index (κ3) is 2.41. The number of aryl methyl sites for hydroxylation is 1. The summed E-state index contributed by atoms with van der Waals surface area (Å²) >= 11 is 0. The first-order valence-electron chi connectivity index (χ1n) is 4.83. The lowest BCUT2D eigenvalue weighted by molar-refractivity contribution is 0.0950. The first-order valence-corrected chi connectivity index (χ1v) is 4.83. The van der Waals surface area contributed by atoms with Crippen molar-refractivity contribution in [2.75, 3.05) is 0 Å². The molecule has 82 valence electrons. The Morgan fingerprint density at radius 1 is 1.50 bits per heavy atom. The van der Waals surface area contributed by atoms with Gasteiger partial charge in [0.1, 0.15) is 0 Å². The van der Waals surface area contributed by atoms with Crippen LogP contribution in [0.3, 0.4) is 0 Å². The van der Waals surface area contributed by atoms with Crippen LogP contribution in [-0.2, 0) is 6.54 Å². The molecule has 0 atom stereocenters. The van der Waals surface area contributed by atoms with Crippen molar-refractivity contribution in [3.8, 4) is 0 Å². The molecule has 1 amide bonds. The molecule has 6 heteroatoms. The zero-order valence-corrected chi connectivity index (χ0v) is 8.77. The maximum Gasteiger partial charge on any atom is 0.251 e. The minimum absolute atomic E-state index is 0.145. The molecule has 16 heavy (non-hydrogen) atoms. The van der Waals surface area contributed by atoms with Crippen molar-refractivity contribution in [3.63, 3.8) is 0 Å². The van der Waals surface area contributed by atoms with E-state index in [1.54, 1.807) is 6.07 Å². The van der Waals surface area contributed by atoms with Crippen LogP contribution in [0, 0.1) is 6.92 Å². The second-order valence-corrected chi connectivity index (χ2v) is 3.38. The number of carbonyl (C=O) groups excluding carboxylic acids is 1. The Bertz CT molecular complexity index is 480. The van der Waals surface area contributed by atoms with E-state index in [1.165, 1.54) is 0 Å². The van der Waals surface area contributed by atoms with Crippen LogP contribution in [0.1, 0.15) is 21.7 Å². The summed E-state index contributed by atoms with van der Waals surface area (Å²) in [6.07, 6.45) is 0. The van der Waals surface area contributed by atoms with E-state index in [4.69, 9.17) is 0 Å². The number of rotatable bonds is 3. The molecule has 2 aromatic rings. The summed E-state index contributed by atoms with van der Waals surface area (Å²) in [7, 11) is 0. The summed E-state index contributed by atoms with van der Waals surface area (Å²) in [5.41, 5.74) is 1.68. The summed E-state index contributed by atoms with van der Waals surface area (Å²) in [6, 6.07) is 7.37. The monoisotopic (exact) mass is 217 g/mol. The van der Waals surface area contributed by atoms with Gasteiger partial charge in [0.15, 0.2) is 5.82 Å². The van der Waals surface area contributed by atoms with Crippen molar-refractivity contribution < 1.29 is 4.79 Å². The van der Waals surface area contributed by atoms with E-state index < -0.39 is 0 Å². The molecule has 6 nitrogen and oxygen atoms in total. The Hall–Kier alpha value is -2.24. The highest BCUT2D eigenvalue weighted by Crippen LogP contribution is 2.03. The highest BCUT2D eigenvalue weighted by atomic mass is 16.1. The molecule has 0 aliphatic heterocycles. The van der Waals surface area contributed by atoms with Crippen LogP contribution in [0.15, 0.2) is 24.3 Å². The Morgan fingerprint density at radius 3 is 3.06 bits per heavy atom. The smallest absolute Gasteiger partial charge is 0.251 e. The zero-order chi connectivity index (χ0) is 11.4. The standard InChI is InChI=1S/C10H11N5O/c1-7-3-2-4-8(5-7)10(16)11-6-9-12-14-15-13-9/h2-5H,6H2,1H3,(H,11,16)(H,12,13,14,15). The minimum atomic E-state index is -0.145. The molecule has 0 saturated heterocycles.